The average molecular weight is 481 g/mol. The Morgan fingerprint density at radius 3 is 2.40 bits per heavy atom. The van der Waals surface area contributed by atoms with Crippen molar-refractivity contribution in [1.29, 1.82) is 0 Å². The Bertz CT molecular complexity index is 1220. The summed E-state index contributed by atoms with van der Waals surface area (Å²) in [6.07, 6.45) is 0. The van der Waals surface area contributed by atoms with Crippen LogP contribution in [0.4, 0.5) is 8.78 Å². The molecule has 3 aromatic rings. The zero-order chi connectivity index (χ0) is 25.1. The molecule has 1 fully saturated rings. The fourth-order valence-corrected chi connectivity index (χ4v) is 5.25. The second-order valence-corrected chi connectivity index (χ2v) is 9.15. The molecule has 7 heteroatoms. The lowest BCUT2D eigenvalue weighted by Gasteiger charge is -2.44. The van der Waals surface area contributed by atoms with Crippen LogP contribution < -0.4 is 5.32 Å². The summed E-state index contributed by atoms with van der Waals surface area (Å²) in [7, 11) is 1.84. The van der Waals surface area contributed by atoms with Crippen molar-refractivity contribution in [2.45, 2.75) is 18.8 Å². The molecule has 3 aromatic carbocycles. The van der Waals surface area contributed by atoms with E-state index in [2.05, 4.69) is 10.2 Å². The first-order chi connectivity index (χ1) is 16.8. The maximum Gasteiger partial charge on any atom is 0.167 e. The molecule has 0 unspecified atom stereocenters. The maximum atomic E-state index is 14.7. The van der Waals surface area contributed by atoms with Crippen molar-refractivity contribution in [2.75, 3.05) is 33.2 Å². The molecule has 184 valence electrons. The van der Waals surface area contributed by atoms with Crippen LogP contribution in [0.2, 0.25) is 0 Å². The first kappa shape index (κ1) is 24.8. The van der Waals surface area contributed by atoms with Gasteiger partial charge < -0.3 is 20.4 Å². The lowest BCUT2D eigenvalue weighted by Crippen LogP contribution is -2.48. The van der Waals surface area contributed by atoms with Crippen LogP contribution in [0.5, 0.6) is 11.5 Å². The third-order valence-electron chi connectivity index (χ3n) is 7.01. The topological polar surface area (TPSA) is 72.8 Å². The minimum atomic E-state index is -0.736. The van der Waals surface area contributed by atoms with E-state index in [0.29, 0.717) is 48.4 Å². The number of hydrogen-bond acceptors (Lipinski definition) is 5. The van der Waals surface area contributed by atoms with Gasteiger partial charge in [0.2, 0.25) is 0 Å². The molecule has 0 aromatic heterocycles. The summed E-state index contributed by atoms with van der Waals surface area (Å²) in [5, 5.41) is 23.8. The number of Topliss-reactive ketones (excluding diaryl/α,β-unsaturated/α-hetero) is 1. The smallest absolute Gasteiger partial charge is 0.167 e. The molecule has 3 N–H and O–H groups in total. The molecule has 4 rings (SSSR count). The van der Waals surface area contributed by atoms with Gasteiger partial charge in [0.05, 0.1) is 0 Å². The molecular weight excluding hydrogens is 450 g/mol. The molecule has 0 radical (unpaired) electrons. The van der Waals surface area contributed by atoms with Gasteiger partial charge in [-0.15, -0.1) is 0 Å². The number of phenols is 2. The molecule has 0 bridgehead atoms. The summed E-state index contributed by atoms with van der Waals surface area (Å²) < 4.78 is 29.2. The Labute approximate surface area is 204 Å². The van der Waals surface area contributed by atoms with Crippen molar-refractivity contribution >= 4 is 5.78 Å². The van der Waals surface area contributed by atoms with Crippen LogP contribution in [0.25, 0.3) is 0 Å². The van der Waals surface area contributed by atoms with Crippen LogP contribution in [0.15, 0.2) is 60.7 Å². The van der Waals surface area contributed by atoms with Crippen LogP contribution in [0.3, 0.4) is 0 Å². The van der Waals surface area contributed by atoms with Crippen molar-refractivity contribution in [1.82, 2.24) is 10.2 Å². The highest BCUT2D eigenvalue weighted by molar-refractivity contribution is 5.99. The van der Waals surface area contributed by atoms with E-state index in [1.165, 1.54) is 24.3 Å². The minimum Gasteiger partial charge on any atom is -0.508 e. The van der Waals surface area contributed by atoms with E-state index in [4.69, 9.17) is 0 Å². The number of likely N-dealkylation sites (N-methyl/N-ethyl adjacent to an activating group) is 1. The second-order valence-electron chi connectivity index (χ2n) is 9.15. The molecule has 5 nitrogen and oxygen atoms in total. The molecule has 1 aliphatic heterocycles. The number of carbonyl (C=O) groups is 1. The number of piperidine rings is 1. The van der Waals surface area contributed by atoms with Crippen molar-refractivity contribution < 1.29 is 23.8 Å². The van der Waals surface area contributed by atoms with E-state index in [1.807, 2.05) is 7.05 Å². The molecule has 1 aliphatic rings. The second kappa shape index (κ2) is 10.5. The Morgan fingerprint density at radius 1 is 1.00 bits per heavy atom. The first-order valence-corrected chi connectivity index (χ1v) is 11.7. The number of carbonyl (C=O) groups excluding carboxylic acids is 1. The number of rotatable bonds is 7. The largest absolute Gasteiger partial charge is 0.508 e. The van der Waals surface area contributed by atoms with Crippen LogP contribution in [0.1, 0.15) is 38.9 Å². The fourth-order valence-electron chi connectivity index (χ4n) is 5.25. The highest BCUT2D eigenvalue weighted by Crippen LogP contribution is 2.47. The molecule has 35 heavy (non-hydrogen) atoms. The van der Waals surface area contributed by atoms with Crippen molar-refractivity contribution in [3.05, 3.63) is 94.6 Å². The lowest BCUT2D eigenvalue weighted by atomic mass is 9.67. The average Bonchev–Trinajstić information content (AvgIpc) is 2.85. The standard InChI is InChI=1S/C28H30F2N2O3/c1-17-20(8-4-10-24(17)29)26-22(21-9-5-11-25(30)28(21)35)15-32(13-12-31-2)16-23(26)27(34)18-6-3-7-19(33)14-18/h3-11,14,22-23,26,31,33,35H,12-13,15-16H2,1-2H3/t22-,23+,26-/m1/s1. The third kappa shape index (κ3) is 5.06. The van der Waals surface area contributed by atoms with E-state index < -0.39 is 29.3 Å². The van der Waals surface area contributed by atoms with Crippen LogP contribution in [0, 0.1) is 24.5 Å². The molecule has 0 aliphatic carbocycles. The highest BCUT2D eigenvalue weighted by atomic mass is 19.1. The highest BCUT2D eigenvalue weighted by Gasteiger charge is 2.44. The number of nitrogens with zero attached hydrogens (tertiary/aromatic N) is 1. The van der Waals surface area contributed by atoms with Gasteiger partial charge in [0.15, 0.2) is 17.3 Å². The number of nitrogens with one attached hydrogen (secondary N) is 1. The van der Waals surface area contributed by atoms with Crippen molar-refractivity contribution in [3.8, 4) is 11.5 Å². The monoisotopic (exact) mass is 480 g/mol. The number of para-hydroxylation sites is 1. The molecule has 3 atom stereocenters. The lowest BCUT2D eigenvalue weighted by molar-refractivity contribution is 0.0739. The fraction of sp³-hybridized carbons (Fsp3) is 0.321. The molecule has 0 saturated carbocycles. The Hall–Kier alpha value is -3.29. The van der Waals surface area contributed by atoms with Gasteiger partial charge in [0.1, 0.15) is 11.6 Å². The van der Waals surface area contributed by atoms with E-state index in [1.54, 1.807) is 43.3 Å². The Kier molecular flexibility index (Phi) is 7.48. The number of ketones is 1. The zero-order valence-electron chi connectivity index (χ0n) is 19.8. The predicted octanol–water partition coefficient (Wildman–Crippen LogP) is 4.59. The summed E-state index contributed by atoms with van der Waals surface area (Å²) in [6.45, 7) is 3.86. The molecule has 1 heterocycles. The normalized spacial score (nSPS) is 20.6. The van der Waals surface area contributed by atoms with Gasteiger partial charge in [-0.3, -0.25) is 4.79 Å². The van der Waals surface area contributed by atoms with Gasteiger partial charge in [0.25, 0.3) is 0 Å². The van der Waals surface area contributed by atoms with Gasteiger partial charge in [-0.2, -0.15) is 0 Å². The van der Waals surface area contributed by atoms with Gasteiger partial charge >= 0.3 is 0 Å². The molecule has 0 amide bonds. The maximum absolute atomic E-state index is 14.7. The number of phenolic OH excluding ortho intramolecular Hbond substituents is 2. The summed E-state index contributed by atoms with van der Waals surface area (Å²) in [5.41, 5.74) is 1.83. The SMILES string of the molecule is CNCCN1C[C@H](C(=O)c2cccc(O)c2)[C@H](c2cccc(F)c2C)[C@@H](c2cccc(F)c2O)C1. The quantitative estimate of drug-likeness (QED) is 0.432. The van der Waals surface area contributed by atoms with Gasteiger partial charge in [-0.1, -0.05) is 36.4 Å². The number of hydrogen-bond donors (Lipinski definition) is 3. The zero-order valence-corrected chi connectivity index (χ0v) is 19.8. The Balaban J connectivity index is 1.89. The van der Waals surface area contributed by atoms with E-state index >= 15 is 0 Å². The summed E-state index contributed by atoms with van der Waals surface area (Å²) in [6, 6.07) is 15.4. The summed E-state index contributed by atoms with van der Waals surface area (Å²) in [5.74, 6) is -3.37. The van der Waals surface area contributed by atoms with Crippen LogP contribution >= 0.6 is 0 Å². The van der Waals surface area contributed by atoms with Gasteiger partial charge in [0, 0.05) is 55.1 Å². The first-order valence-electron chi connectivity index (χ1n) is 11.7. The van der Waals surface area contributed by atoms with Crippen LogP contribution in [-0.4, -0.2) is 54.1 Å². The molecule has 1 saturated heterocycles. The summed E-state index contributed by atoms with van der Waals surface area (Å²) in [4.78, 5) is 16.0. The number of halogens is 2. The van der Waals surface area contributed by atoms with Gasteiger partial charge in [-0.25, -0.2) is 8.78 Å². The van der Waals surface area contributed by atoms with E-state index in [-0.39, 0.29) is 17.3 Å². The van der Waals surface area contributed by atoms with Gasteiger partial charge in [-0.05, 0) is 49.4 Å². The number of benzene rings is 3. The number of likely N-dealkylation sites (tertiary alicyclic amines) is 1. The summed E-state index contributed by atoms with van der Waals surface area (Å²) >= 11 is 0. The molecular formula is C28H30F2N2O3. The predicted molar refractivity (Wildman–Crippen MR) is 131 cm³/mol. The van der Waals surface area contributed by atoms with Crippen molar-refractivity contribution in [2.24, 2.45) is 5.92 Å². The molecule has 0 spiro atoms. The Morgan fingerprint density at radius 2 is 1.69 bits per heavy atom. The van der Waals surface area contributed by atoms with Crippen LogP contribution in [-0.2, 0) is 0 Å². The minimum absolute atomic E-state index is 0.0171. The third-order valence-corrected chi connectivity index (χ3v) is 7.01. The number of aromatic hydroxyl groups is 2. The van der Waals surface area contributed by atoms with E-state index in [0.717, 1.165) is 0 Å². The van der Waals surface area contributed by atoms with E-state index in [9.17, 15) is 23.8 Å². The van der Waals surface area contributed by atoms with Crippen molar-refractivity contribution in [3.63, 3.8) is 0 Å².